The summed E-state index contributed by atoms with van der Waals surface area (Å²) >= 11 is 0. The van der Waals surface area contributed by atoms with Crippen LogP contribution in [-0.2, 0) is 16.1 Å². The Bertz CT molecular complexity index is 707. The van der Waals surface area contributed by atoms with Gasteiger partial charge in [-0.1, -0.05) is 0 Å². The molecule has 0 atom stereocenters. The predicted octanol–water partition coefficient (Wildman–Crippen LogP) is 0.669. The number of anilines is 1. The fourth-order valence-corrected chi connectivity index (χ4v) is 1.67. The molecule has 1 heterocycles. The molecule has 0 aliphatic heterocycles. The minimum absolute atomic E-state index is 0.134. The van der Waals surface area contributed by atoms with Gasteiger partial charge in [-0.05, 0) is 30.3 Å². The number of carbonyl (C=O) groups is 2. The summed E-state index contributed by atoms with van der Waals surface area (Å²) in [6, 6.07) is 7.81. The second-order valence-corrected chi connectivity index (χ2v) is 4.15. The van der Waals surface area contributed by atoms with E-state index in [4.69, 9.17) is 0 Å². The second kappa shape index (κ2) is 6.47. The van der Waals surface area contributed by atoms with Crippen LogP contribution in [0.15, 0.2) is 47.5 Å². The lowest BCUT2D eigenvalue weighted by Gasteiger charge is -2.07. The van der Waals surface area contributed by atoms with Crippen LogP contribution in [-0.4, -0.2) is 28.5 Å². The molecule has 0 unspecified atom stereocenters. The Balaban J connectivity index is 2.01. The summed E-state index contributed by atoms with van der Waals surface area (Å²) in [7, 11) is 1.30. The van der Waals surface area contributed by atoms with Crippen molar-refractivity contribution in [3.63, 3.8) is 0 Å². The Morgan fingerprint density at radius 3 is 2.62 bits per heavy atom. The molecule has 108 valence electrons. The van der Waals surface area contributed by atoms with E-state index < -0.39 is 11.7 Å². The Kier molecular flexibility index (Phi) is 4.45. The van der Waals surface area contributed by atoms with Gasteiger partial charge in [0.2, 0.25) is 5.91 Å². The number of esters is 1. The number of ether oxygens (including phenoxy) is 1. The lowest BCUT2D eigenvalue weighted by atomic mass is 10.2. The number of methoxy groups -OCH3 is 1. The fourth-order valence-electron chi connectivity index (χ4n) is 1.67. The number of rotatable bonds is 4. The van der Waals surface area contributed by atoms with Crippen LogP contribution in [0.3, 0.4) is 0 Å². The fraction of sp³-hybridized carbons (Fsp3) is 0.143. The first-order valence-corrected chi connectivity index (χ1v) is 6.10. The third-order valence-corrected chi connectivity index (χ3v) is 2.69. The topological polar surface area (TPSA) is 90.3 Å². The van der Waals surface area contributed by atoms with Crippen molar-refractivity contribution in [1.82, 2.24) is 9.55 Å². The zero-order valence-electron chi connectivity index (χ0n) is 11.3. The summed E-state index contributed by atoms with van der Waals surface area (Å²) in [6.07, 6.45) is 2.84. The number of aromatic nitrogens is 2. The van der Waals surface area contributed by atoms with E-state index in [1.165, 1.54) is 36.2 Å². The van der Waals surface area contributed by atoms with Gasteiger partial charge in [-0.2, -0.15) is 0 Å². The molecule has 2 aromatic rings. The average Bonchev–Trinajstić information content (AvgIpc) is 2.49. The molecule has 2 rings (SSSR count). The summed E-state index contributed by atoms with van der Waals surface area (Å²) in [5, 5.41) is 2.62. The standard InChI is InChI=1S/C14H13N3O4/c1-21-13(19)10-3-5-11(6-4-10)16-12(18)9-17-8-2-7-15-14(17)20/h2-8H,9H2,1H3,(H,16,18). The van der Waals surface area contributed by atoms with Crippen LogP contribution in [0.25, 0.3) is 0 Å². The minimum Gasteiger partial charge on any atom is -0.465 e. The molecule has 0 aliphatic rings. The van der Waals surface area contributed by atoms with Gasteiger partial charge >= 0.3 is 11.7 Å². The van der Waals surface area contributed by atoms with E-state index in [2.05, 4.69) is 15.0 Å². The zero-order chi connectivity index (χ0) is 15.2. The van der Waals surface area contributed by atoms with Gasteiger partial charge in [0.15, 0.2) is 0 Å². The largest absolute Gasteiger partial charge is 0.465 e. The molecule has 0 saturated carbocycles. The van der Waals surface area contributed by atoms with Crippen LogP contribution in [0.4, 0.5) is 5.69 Å². The number of benzene rings is 1. The van der Waals surface area contributed by atoms with Gasteiger partial charge in [-0.25, -0.2) is 14.6 Å². The van der Waals surface area contributed by atoms with Gasteiger partial charge in [-0.3, -0.25) is 9.36 Å². The van der Waals surface area contributed by atoms with Crippen molar-refractivity contribution in [1.29, 1.82) is 0 Å². The average molecular weight is 287 g/mol. The predicted molar refractivity (Wildman–Crippen MR) is 74.9 cm³/mol. The van der Waals surface area contributed by atoms with Crippen molar-refractivity contribution < 1.29 is 14.3 Å². The third-order valence-electron chi connectivity index (χ3n) is 2.69. The smallest absolute Gasteiger partial charge is 0.347 e. The van der Waals surface area contributed by atoms with E-state index in [9.17, 15) is 14.4 Å². The number of hydrogen-bond donors (Lipinski definition) is 1. The number of nitrogens with zero attached hydrogens (tertiary/aromatic N) is 2. The van der Waals surface area contributed by atoms with E-state index in [1.807, 2.05) is 0 Å². The molecular weight excluding hydrogens is 274 g/mol. The summed E-state index contributed by atoms with van der Waals surface area (Å²) in [4.78, 5) is 38.0. The van der Waals surface area contributed by atoms with Crippen molar-refractivity contribution in [3.8, 4) is 0 Å². The Morgan fingerprint density at radius 1 is 1.29 bits per heavy atom. The molecule has 1 aromatic heterocycles. The van der Waals surface area contributed by atoms with Gasteiger partial charge in [0.05, 0.1) is 12.7 Å². The third kappa shape index (κ3) is 3.75. The molecule has 1 amide bonds. The van der Waals surface area contributed by atoms with Crippen LogP contribution < -0.4 is 11.0 Å². The molecule has 0 saturated heterocycles. The molecule has 0 bridgehead atoms. The highest BCUT2D eigenvalue weighted by Gasteiger charge is 2.07. The van der Waals surface area contributed by atoms with Crippen molar-refractivity contribution >= 4 is 17.6 Å². The highest BCUT2D eigenvalue weighted by atomic mass is 16.5. The van der Waals surface area contributed by atoms with Crippen LogP contribution >= 0.6 is 0 Å². The number of hydrogen-bond acceptors (Lipinski definition) is 5. The highest BCUT2D eigenvalue weighted by Crippen LogP contribution is 2.10. The van der Waals surface area contributed by atoms with Gasteiger partial charge in [0, 0.05) is 18.1 Å². The minimum atomic E-state index is -0.492. The van der Waals surface area contributed by atoms with Crippen LogP contribution in [0.1, 0.15) is 10.4 Å². The van der Waals surface area contributed by atoms with Crippen molar-refractivity contribution in [2.45, 2.75) is 6.54 Å². The molecule has 1 aromatic carbocycles. The lowest BCUT2D eigenvalue weighted by molar-refractivity contribution is -0.116. The maximum Gasteiger partial charge on any atom is 0.347 e. The summed E-state index contributed by atoms with van der Waals surface area (Å²) in [5.74, 6) is -0.814. The first-order valence-electron chi connectivity index (χ1n) is 6.10. The van der Waals surface area contributed by atoms with Crippen molar-refractivity contribution in [3.05, 3.63) is 58.8 Å². The Labute approximate surface area is 120 Å². The molecule has 21 heavy (non-hydrogen) atoms. The Morgan fingerprint density at radius 2 is 2.00 bits per heavy atom. The monoisotopic (exact) mass is 287 g/mol. The first kappa shape index (κ1) is 14.4. The van der Waals surface area contributed by atoms with E-state index in [1.54, 1.807) is 18.2 Å². The lowest BCUT2D eigenvalue weighted by Crippen LogP contribution is -2.28. The Hall–Kier alpha value is -2.96. The molecule has 0 fully saturated rings. The van der Waals surface area contributed by atoms with E-state index in [0.717, 1.165) is 0 Å². The highest BCUT2D eigenvalue weighted by molar-refractivity contribution is 5.92. The quantitative estimate of drug-likeness (QED) is 0.835. The van der Waals surface area contributed by atoms with Crippen LogP contribution in [0, 0.1) is 0 Å². The molecule has 7 heteroatoms. The van der Waals surface area contributed by atoms with Gasteiger partial charge < -0.3 is 10.1 Å². The van der Waals surface area contributed by atoms with Gasteiger partial charge in [-0.15, -0.1) is 0 Å². The maximum absolute atomic E-state index is 11.8. The molecular formula is C14H13N3O4. The van der Waals surface area contributed by atoms with E-state index in [-0.39, 0.29) is 12.5 Å². The molecule has 1 N–H and O–H groups in total. The van der Waals surface area contributed by atoms with E-state index >= 15 is 0 Å². The maximum atomic E-state index is 11.8. The second-order valence-electron chi connectivity index (χ2n) is 4.15. The van der Waals surface area contributed by atoms with Crippen molar-refractivity contribution in [2.75, 3.05) is 12.4 Å². The van der Waals surface area contributed by atoms with Crippen LogP contribution in [0.2, 0.25) is 0 Å². The first-order chi connectivity index (χ1) is 10.1. The summed E-state index contributed by atoms with van der Waals surface area (Å²) < 4.78 is 5.77. The van der Waals surface area contributed by atoms with Crippen molar-refractivity contribution in [2.24, 2.45) is 0 Å². The normalized spacial score (nSPS) is 9.95. The zero-order valence-corrected chi connectivity index (χ0v) is 11.3. The summed E-state index contributed by atoms with van der Waals surface area (Å²) in [5.41, 5.74) is 0.414. The van der Waals surface area contributed by atoms with E-state index in [0.29, 0.717) is 11.3 Å². The van der Waals surface area contributed by atoms with Gasteiger partial charge in [0.1, 0.15) is 6.54 Å². The molecule has 0 spiro atoms. The number of carbonyl (C=O) groups excluding carboxylic acids is 2. The molecule has 0 radical (unpaired) electrons. The summed E-state index contributed by atoms with van der Waals surface area (Å²) in [6.45, 7) is -0.134. The number of amides is 1. The van der Waals surface area contributed by atoms with Crippen LogP contribution in [0.5, 0.6) is 0 Å². The SMILES string of the molecule is COC(=O)c1ccc(NC(=O)Cn2cccnc2=O)cc1. The van der Waals surface area contributed by atoms with Gasteiger partial charge in [0.25, 0.3) is 0 Å². The molecule has 0 aliphatic carbocycles. The number of nitrogens with one attached hydrogen (secondary N) is 1. The molecule has 7 nitrogen and oxygen atoms in total.